The third-order valence-corrected chi connectivity index (χ3v) is 7.10. The summed E-state index contributed by atoms with van der Waals surface area (Å²) in [6.45, 7) is 7.44. The number of hydrogen-bond acceptors (Lipinski definition) is 5. The Labute approximate surface area is 167 Å². The average molecular weight is 411 g/mol. The van der Waals surface area contributed by atoms with Gasteiger partial charge in [-0.25, -0.2) is 8.42 Å². The molecule has 28 heavy (non-hydrogen) atoms. The van der Waals surface area contributed by atoms with Crippen LogP contribution in [0.15, 0.2) is 23.1 Å². The fraction of sp³-hybridized carbons (Fsp3) is 0.650. The van der Waals surface area contributed by atoms with E-state index in [1.54, 1.807) is 6.07 Å². The van der Waals surface area contributed by atoms with Crippen molar-refractivity contribution >= 4 is 15.9 Å². The first-order valence-corrected chi connectivity index (χ1v) is 11.4. The van der Waals surface area contributed by atoms with Crippen LogP contribution < -0.4 is 14.8 Å². The van der Waals surface area contributed by atoms with Gasteiger partial charge in [-0.05, 0) is 50.7 Å². The van der Waals surface area contributed by atoms with Crippen LogP contribution in [0.3, 0.4) is 0 Å². The van der Waals surface area contributed by atoms with Crippen molar-refractivity contribution in [2.24, 2.45) is 5.92 Å². The second kappa shape index (κ2) is 8.69. The summed E-state index contributed by atoms with van der Waals surface area (Å²) in [5.74, 6) is 1.32. The molecule has 1 aromatic rings. The number of carbonyl (C=O) groups is 1. The van der Waals surface area contributed by atoms with Crippen molar-refractivity contribution in [3.8, 4) is 11.5 Å². The van der Waals surface area contributed by atoms with Gasteiger partial charge in [0, 0.05) is 18.7 Å². The van der Waals surface area contributed by atoms with E-state index in [9.17, 15) is 13.2 Å². The maximum Gasteiger partial charge on any atom is 0.243 e. The predicted molar refractivity (Wildman–Crippen MR) is 106 cm³/mol. The van der Waals surface area contributed by atoms with E-state index in [1.807, 2.05) is 6.92 Å². The Morgan fingerprint density at radius 1 is 1.18 bits per heavy atom. The first-order chi connectivity index (χ1) is 13.3. The second-order valence-corrected chi connectivity index (χ2v) is 9.85. The molecular weight excluding hydrogens is 380 g/mol. The fourth-order valence-electron chi connectivity index (χ4n) is 3.60. The molecule has 0 spiro atoms. The summed E-state index contributed by atoms with van der Waals surface area (Å²) in [7, 11) is -3.79. The van der Waals surface area contributed by atoms with Crippen molar-refractivity contribution in [1.29, 1.82) is 0 Å². The number of carbonyl (C=O) groups excluding carboxylic acids is 1. The normalized spacial score (nSPS) is 20.9. The summed E-state index contributed by atoms with van der Waals surface area (Å²) in [6.07, 6.45) is 3.10. The summed E-state index contributed by atoms with van der Waals surface area (Å²) < 4.78 is 38.7. The van der Waals surface area contributed by atoms with Gasteiger partial charge in [-0.15, -0.1) is 0 Å². The third-order valence-electron chi connectivity index (χ3n) is 5.19. The lowest BCUT2D eigenvalue weighted by atomic mass is 10.0. The van der Waals surface area contributed by atoms with Gasteiger partial charge < -0.3 is 14.8 Å². The van der Waals surface area contributed by atoms with Crippen molar-refractivity contribution < 1.29 is 22.7 Å². The molecule has 1 fully saturated rings. The molecule has 0 saturated carbocycles. The molecule has 2 atom stereocenters. The van der Waals surface area contributed by atoms with Crippen molar-refractivity contribution in [3.63, 3.8) is 0 Å². The van der Waals surface area contributed by atoms with Crippen LogP contribution in [0.25, 0.3) is 0 Å². The minimum Gasteiger partial charge on any atom is -0.486 e. The van der Waals surface area contributed by atoms with Gasteiger partial charge in [0.15, 0.2) is 11.5 Å². The van der Waals surface area contributed by atoms with Crippen LogP contribution in [-0.2, 0) is 14.8 Å². The molecule has 3 rings (SSSR count). The molecule has 2 aliphatic rings. The van der Waals surface area contributed by atoms with Gasteiger partial charge in [0.05, 0.1) is 4.90 Å². The standard InChI is InChI=1S/C20H30N2O5S/c1-14(2)6-7-15(3)21-20(23)17-5-4-10-22(17)28(24,25)16-8-9-18-19(13-16)27-12-11-26-18/h8-9,13-15,17H,4-7,10-12H2,1-3H3,(H,21,23)/t15-,17+/m1/s1. The highest BCUT2D eigenvalue weighted by Gasteiger charge is 2.40. The topological polar surface area (TPSA) is 84.9 Å². The molecule has 1 saturated heterocycles. The molecule has 0 aromatic heterocycles. The number of hydrogen-bond donors (Lipinski definition) is 1. The summed E-state index contributed by atoms with van der Waals surface area (Å²) >= 11 is 0. The Morgan fingerprint density at radius 2 is 1.89 bits per heavy atom. The quantitative estimate of drug-likeness (QED) is 0.747. The molecule has 8 heteroatoms. The molecule has 1 N–H and O–H groups in total. The first-order valence-electron chi connectivity index (χ1n) is 10.0. The zero-order chi connectivity index (χ0) is 20.3. The van der Waals surface area contributed by atoms with E-state index in [1.165, 1.54) is 16.4 Å². The maximum atomic E-state index is 13.2. The lowest BCUT2D eigenvalue weighted by Gasteiger charge is -2.26. The zero-order valence-electron chi connectivity index (χ0n) is 16.8. The minimum absolute atomic E-state index is 0.0225. The number of amides is 1. The van der Waals surface area contributed by atoms with E-state index in [0.29, 0.717) is 50.0 Å². The summed E-state index contributed by atoms with van der Waals surface area (Å²) in [5.41, 5.74) is 0. The van der Waals surface area contributed by atoms with Crippen molar-refractivity contribution in [2.75, 3.05) is 19.8 Å². The van der Waals surface area contributed by atoms with Crippen LogP contribution in [0.4, 0.5) is 0 Å². The predicted octanol–water partition coefficient (Wildman–Crippen LogP) is 2.55. The molecule has 1 aromatic carbocycles. The van der Waals surface area contributed by atoms with Gasteiger partial charge in [-0.1, -0.05) is 13.8 Å². The molecule has 0 bridgehead atoms. The van der Waals surface area contributed by atoms with Crippen molar-refractivity contribution in [3.05, 3.63) is 18.2 Å². The average Bonchev–Trinajstić information content (AvgIpc) is 3.17. The van der Waals surface area contributed by atoms with E-state index in [2.05, 4.69) is 19.2 Å². The van der Waals surface area contributed by atoms with Gasteiger partial charge in [-0.3, -0.25) is 4.79 Å². The number of ether oxygens (including phenoxy) is 2. The van der Waals surface area contributed by atoms with E-state index in [4.69, 9.17) is 9.47 Å². The molecule has 2 aliphatic heterocycles. The molecule has 0 radical (unpaired) electrons. The van der Waals surface area contributed by atoms with Crippen LogP contribution >= 0.6 is 0 Å². The minimum atomic E-state index is -3.79. The lowest BCUT2D eigenvalue weighted by Crippen LogP contribution is -2.48. The van der Waals surface area contributed by atoms with Gasteiger partial charge in [0.2, 0.25) is 15.9 Å². The Balaban J connectivity index is 1.73. The molecule has 0 unspecified atom stereocenters. The lowest BCUT2D eigenvalue weighted by molar-refractivity contribution is -0.124. The Kier molecular flexibility index (Phi) is 6.50. The van der Waals surface area contributed by atoms with Crippen LogP contribution in [-0.4, -0.2) is 50.5 Å². The summed E-state index contributed by atoms with van der Waals surface area (Å²) in [5, 5.41) is 2.99. The zero-order valence-corrected chi connectivity index (χ0v) is 17.6. The first kappa shape index (κ1) is 20.9. The Hall–Kier alpha value is -1.80. The van der Waals surface area contributed by atoms with Crippen LogP contribution in [0.2, 0.25) is 0 Å². The molecule has 1 amide bonds. The van der Waals surface area contributed by atoms with Crippen molar-refractivity contribution in [2.45, 2.75) is 63.4 Å². The molecular formula is C20H30N2O5S. The smallest absolute Gasteiger partial charge is 0.243 e. The van der Waals surface area contributed by atoms with Gasteiger partial charge in [0.25, 0.3) is 0 Å². The summed E-state index contributed by atoms with van der Waals surface area (Å²) in [6, 6.07) is 3.97. The Bertz CT molecular complexity index is 809. The molecule has 7 nitrogen and oxygen atoms in total. The molecule has 156 valence electrons. The van der Waals surface area contributed by atoms with E-state index in [0.717, 1.165) is 12.8 Å². The Morgan fingerprint density at radius 3 is 2.61 bits per heavy atom. The highest BCUT2D eigenvalue weighted by Crippen LogP contribution is 2.34. The maximum absolute atomic E-state index is 13.2. The largest absolute Gasteiger partial charge is 0.486 e. The fourth-order valence-corrected chi connectivity index (χ4v) is 5.28. The number of nitrogens with one attached hydrogen (secondary N) is 1. The van der Waals surface area contributed by atoms with E-state index < -0.39 is 16.1 Å². The van der Waals surface area contributed by atoms with Gasteiger partial charge in [0.1, 0.15) is 19.3 Å². The van der Waals surface area contributed by atoms with E-state index in [-0.39, 0.29) is 16.8 Å². The highest BCUT2D eigenvalue weighted by molar-refractivity contribution is 7.89. The monoisotopic (exact) mass is 410 g/mol. The second-order valence-electron chi connectivity index (χ2n) is 7.96. The molecule has 0 aliphatic carbocycles. The summed E-state index contributed by atoms with van der Waals surface area (Å²) in [4.78, 5) is 12.9. The van der Waals surface area contributed by atoms with Gasteiger partial charge in [-0.2, -0.15) is 4.31 Å². The van der Waals surface area contributed by atoms with E-state index >= 15 is 0 Å². The number of rotatable bonds is 7. The SMILES string of the molecule is CC(C)CC[C@@H](C)NC(=O)[C@@H]1CCCN1S(=O)(=O)c1ccc2c(c1)OCCO2. The van der Waals surface area contributed by atoms with Crippen LogP contribution in [0, 0.1) is 5.92 Å². The van der Waals surface area contributed by atoms with Gasteiger partial charge >= 0.3 is 0 Å². The number of nitrogens with zero attached hydrogens (tertiary/aromatic N) is 1. The van der Waals surface area contributed by atoms with Crippen LogP contribution in [0.1, 0.15) is 46.5 Å². The molecule has 2 heterocycles. The number of fused-ring (bicyclic) bond motifs is 1. The highest BCUT2D eigenvalue weighted by atomic mass is 32.2. The third kappa shape index (κ3) is 4.60. The number of benzene rings is 1. The van der Waals surface area contributed by atoms with Crippen molar-refractivity contribution in [1.82, 2.24) is 9.62 Å². The number of sulfonamides is 1. The van der Waals surface area contributed by atoms with Crippen LogP contribution in [0.5, 0.6) is 11.5 Å².